The highest BCUT2D eigenvalue weighted by Gasteiger charge is 2.09. The van der Waals surface area contributed by atoms with E-state index in [2.05, 4.69) is 22.3 Å². The van der Waals surface area contributed by atoms with Gasteiger partial charge in [0.15, 0.2) is 0 Å². The normalized spacial score (nSPS) is 9.21. The minimum atomic E-state index is -0.416. The maximum absolute atomic E-state index is 10.9. The van der Waals surface area contributed by atoms with Crippen molar-refractivity contribution in [1.29, 1.82) is 5.26 Å². The Morgan fingerprint density at radius 2 is 2.50 bits per heavy atom. The van der Waals surface area contributed by atoms with Crippen LogP contribution >= 0.6 is 12.6 Å². The number of hydrogen-bond acceptors (Lipinski definition) is 5. The van der Waals surface area contributed by atoms with Crippen LogP contribution in [0.5, 0.6) is 0 Å². The van der Waals surface area contributed by atoms with Crippen molar-refractivity contribution in [2.45, 2.75) is 11.3 Å². The third kappa shape index (κ3) is 2.47. The highest BCUT2D eigenvalue weighted by atomic mass is 32.1. The molecule has 0 amide bonds. The number of hydrogen-bond donors (Lipinski definition) is 1. The van der Waals surface area contributed by atoms with Gasteiger partial charge in [-0.1, -0.05) is 0 Å². The highest BCUT2D eigenvalue weighted by Crippen LogP contribution is 2.11. The smallest absolute Gasteiger partial charge is 0.311 e. The van der Waals surface area contributed by atoms with Crippen LogP contribution in [0, 0.1) is 11.3 Å². The van der Waals surface area contributed by atoms with Crippen molar-refractivity contribution in [2.75, 3.05) is 7.11 Å². The summed E-state index contributed by atoms with van der Waals surface area (Å²) in [5.41, 5.74) is 0.764. The summed E-state index contributed by atoms with van der Waals surface area (Å²) in [6.07, 6.45) is 1.50. The van der Waals surface area contributed by atoms with Crippen LogP contribution in [0.3, 0.4) is 0 Å². The number of methoxy groups -OCH3 is 1. The second kappa shape index (κ2) is 4.63. The molecule has 0 fully saturated rings. The molecule has 0 aromatic carbocycles. The minimum Gasteiger partial charge on any atom is -0.469 e. The Balaban J connectivity index is 2.98. The van der Waals surface area contributed by atoms with Gasteiger partial charge in [0.05, 0.1) is 24.8 Å². The van der Waals surface area contributed by atoms with E-state index in [0.717, 1.165) is 0 Å². The molecular formula is C9H8N2O2S. The molecule has 0 unspecified atom stereocenters. The second-order valence-corrected chi connectivity index (χ2v) is 3.07. The molecule has 14 heavy (non-hydrogen) atoms. The molecule has 1 aromatic heterocycles. The summed E-state index contributed by atoms with van der Waals surface area (Å²) in [6.45, 7) is 0. The zero-order valence-corrected chi connectivity index (χ0v) is 8.41. The molecule has 0 aliphatic carbocycles. The molecule has 0 aliphatic heterocycles. The molecule has 0 spiro atoms. The van der Waals surface area contributed by atoms with Gasteiger partial charge in [0.1, 0.15) is 6.07 Å². The summed E-state index contributed by atoms with van der Waals surface area (Å²) >= 11 is 4.04. The maximum Gasteiger partial charge on any atom is 0.311 e. The summed E-state index contributed by atoms with van der Waals surface area (Å²) in [7, 11) is 1.29. The number of rotatable bonds is 2. The van der Waals surface area contributed by atoms with Gasteiger partial charge in [-0.3, -0.25) is 9.78 Å². The minimum absolute atomic E-state index is 0.00739. The van der Waals surface area contributed by atoms with Crippen LogP contribution in [0.4, 0.5) is 0 Å². The Kier molecular flexibility index (Phi) is 3.48. The van der Waals surface area contributed by atoms with Gasteiger partial charge in [-0.2, -0.15) is 5.26 Å². The van der Waals surface area contributed by atoms with Crippen molar-refractivity contribution in [3.63, 3.8) is 0 Å². The van der Waals surface area contributed by atoms with Crippen molar-refractivity contribution in [2.24, 2.45) is 0 Å². The van der Waals surface area contributed by atoms with Gasteiger partial charge in [0, 0.05) is 11.1 Å². The van der Waals surface area contributed by atoms with Crippen LogP contribution in [0.25, 0.3) is 0 Å². The quantitative estimate of drug-likeness (QED) is 0.580. The predicted molar refractivity (Wildman–Crippen MR) is 51.9 cm³/mol. The molecule has 0 saturated heterocycles. The van der Waals surface area contributed by atoms with Crippen LogP contribution < -0.4 is 0 Å². The summed E-state index contributed by atoms with van der Waals surface area (Å²) in [6, 6.07) is 3.51. The first kappa shape index (κ1) is 10.5. The molecule has 5 heteroatoms. The molecule has 72 valence electrons. The number of aromatic nitrogens is 1. The van der Waals surface area contributed by atoms with Gasteiger partial charge in [0.2, 0.25) is 0 Å². The number of ether oxygens (including phenoxy) is 1. The Labute approximate surface area is 86.9 Å². The lowest BCUT2D eigenvalue weighted by Gasteiger charge is -2.01. The third-order valence-corrected chi connectivity index (χ3v) is 1.86. The average Bonchev–Trinajstić information content (AvgIpc) is 2.20. The van der Waals surface area contributed by atoms with Crippen molar-refractivity contribution in [3.05, 3.63) is 23.5 Å². The number of carbonyl (C=O) groups is 1. The zero-order valence-electron chi connectivity index (χ0n) is 7.52. The summed E-state index contributed by atoms with van der Waals surface area (Å²) in [4.78, 5) is 15.5. The SMILES string of the molecule is COC(=O)Cc1ncc(S)cc1C#N. The van der Waals surface area contributed by atoms with Crippen molar-refractivity contribution < 1.29 is 9.53 Å². The summed E-state index contributed by atoms with van der Waals surface area (Å²) in [5, 5.41) is 8.75. The lowest BCUT2D eigenvalue weighted by Crippen LogP contribution is -2.07. The molecule has 1 heterocycles. The summed E-state index contributed by atoms with van der Waals surface area (Å²) in [5.74, 6) is -0.416. The topological polar surface area (TPSA) is 63.0 Å². The van der Waals surface area contributed by atoms with E-state index < -0.39 is 5.97 Å². The predicted octanol–water partition coefficient (Wildman–Crippen LogP) is 0.957. The molecule has 0 radical (unpaired) electrons. The fourth-order valence-corrected chi connectivity index (χ4v) is 1.12. The molecule has 0 N–H and O–H groups in total. The second-order valence-electron chi connectivity index (χ2n) is 2.55. The zero-order chi connectivity index (χ0) is 10.6. The van der Waals surface area contributed by atoms with E-state index in [-0.39, 0.29) is 6.42 Å². The Bertz CT molecular complexity index is 398. The van der Waals surface area contributed by atoms with E-state index >= 15 is 0 Å². The van der Waals surface area contributed by atoms with Crippen LogP contribution in [0.1, 0.15) is 11.3 Å². The van der Waals surface area contributed by atoms with Crippen LogP contribution in [-0.2, 0) is 16.0 Å². The molecule has 4 nitrogen and oxygen atoms in total. The lowest BCUT2D eigenvalue weighted by molar-refractivity contribution is -0.139. The van der Waals surface area contributed by atoms with Crippen molar-refractivity contribution in [3.8, 4) is 6.07 Å². The standard InChI is InChI=1S/C9H8N2O2S/c1-13-9(12)3-8-6(4-10)2-7(14)5-11-8/h2,5,14H,3H2,1H3. The van der Waals surface area contributed by atoms with Gasteiger partial charge >= 0.3 is 5.97 Å². The molecule has 0 aliphatic rings. The fraction of sp³-hybridized carbons (Fsp3) is 0.222. The fourth-order valence-electron chi connectivity index (χ4n) is 0.929. The molecule has 0 saturated carbocycles. The van der Waals surface area contributed by atoms with E-state index in [0.29, 0.717) is 16.2 Å². The number of thiol groups is 1. The van der Waals surface area contributed by atoms with Crippen molar-refractivity contribution >= 4 is 18.6 Å². The van der Waals surface area contributed by atoms with Crippen molar-refractivity contribution in [1.82, 2.24) is 4.98 Å². The number of nitrogens with zero attached hydrogens (tertiary/aromatic N) is 2. The number of pyridine rings is 1. The maximum atomic E-state index is 10.9. The van der Waals surface area contributed by atoms with Gasteiger partial charge in [-0.15, -0.1) is 12.6 Å². The third-order valence-electron chi connectivity index (χ3n) is 1.62. The van der Waals surface area contributed by atoms with Gasteiger partial charge in [-0.25, -0.2) is 0 Å². The van der Waals surface area contributed by atoms with Crippen LogP contribution in [-0.4, -0.2) is 18.1 Å². The summed E-state index contributed by atoms with van der Waals surface area (Å²) < 4.78 is 4.48. The molecule has 0 bridgehead atoms. The number of esters is 1. The van der Waals surface area contributed by atoms with E-state index in [1.54, 1.807) is 6.07 Å². The number of carbonyl (C=O) groups excluding carboxylic acids is 1. The van der Waals surface area contributed by atoms with E-state index in [1.807, 2.05) is 6.07 Å². The first-order valence-electron chi connectivity index (χ1n) is 3.82. The molecule has 1 aromatic rings. The van der Waals surface area contributed by atoms with E-state index in [9.17, 15) is 4.79 Å². The molecular weight excluding hydrogens is 200 g/mol. The van der Waals surface area contributed by atoms with E-state index in [1.165, 1.54) is 13.3 Å². The van der Waals surface area contributed by atoms with Gasteiger partial charge in [-0.05, 0) is 6.07 Å². The van der Waals surface area contributed by atoms with Gasteiger partial charge < -0.3 is 4.74 Å². The average molecular weight is 208 g/mol. The van der Waals surface area contributed by atoms with E-state index in [4.69, 9.17) is 5.26 Å². The Morgan fingerprint density at radius 1 is 1.79 bits per heavy atom. The molecule has 0 atom stereocenters. The number of nitriles is 1. The highest BCUT2D eigenvalue weighted by molar-refractivity contribution is 7.80. The van der Waals surface area contributed by atoms with Gasteiger partial charge in [0.25, 0.3) is 0 Å². The largest absolute Gasteiger partial charge is 0.469 e. The Hall–Kier alpha value is -1.54. The lowest BCUT2D eigenvalue weighted by atomic mass is 10.1. The van der Waals surface area contributed by atoms with Crippen LogP contribution in [0.15, 0.2) is 17.2 Å². The monoisotopic (exact) mass is 208 g/mol. The first-order chi connectivity index (χ1) is 6.67. The first-order valence-corrected chi connectivity index (χ1v) is 4.27. The van der Waals surface area contributed by atoms with Crippen LogP contribution in [0.2, 0.25) is 0 Å². The molecule has 1 rings (SSSR count). The Morgan fingerprint density at radius 3 is 3.07 bits per heavy atom.